The molecule has 0 saturated carbocycles. The van der Waals surface area contributed by atoms with Crippen LogP contribution in [0.1, 0.15) is 29.0 Å². The van der Waals surface area contributed by atoms with E-state index in [1.807, 2.05) is 0 Å². The Kier molecular flexibility index (Phi) is 8.36. The zero-order valence-corrected chi connectivity index (χ0v) is 33.2. The Labute approximate surface area is 353 Å². The van der Waals surface area contributed by atoms with Crippen molar-refractivity contribution in [2.24, 2.45) is 4.99 Å². The normalized spacial score (nSPS) is 15.4. The predicted octanol–water partition coefficient (Wildman–Crippen LogP) is 14.4. The molecule has 0 saturated heterocycles. The molecule has 4 nitrogen and oxygen atoms in total. The summed E-state index contributed by atoms with van der Waals surface area (Å²) in [6.45, 7) is 0. The fraction of sp³-hybridized carbons (Fsp3) is 0.0351. The largest absolute Gasteiger partial charge is 0.456 e. The maximum atomic E-state index is 6.65. The Hall–Kier alpha value is -7.79. The molecule has 1 aliphatic rings. The third kappa shape index (κ3) is 6.07. The van der Waals surface area contributed by atoms with Gasteiger partial charge in [-0.3, -0.25) is 5.32 Å². The van der Waals surface area contributed by atoms with Gasteiger partial charge < -0.3 is 9.73 Å². The van der Waals surface area contributed by atoms with Gasteiger partial charge in [-0.1, -0.05) is 182 Å². The highest BCUT2D eigenvalue weighted by Gasteiger charge is 2.28. The van der Waals surface area contributed by atoms with E-state index in [-0.39, 0.29) is 12.3 Å². The summed E-state index contributed by atoms with van der Waals surface area (Å²) in [4.78, 5) is 5.38. The minimum absolute atomic E-state index is 0.230. The van der Waals surface area contributed by atoms with Crippen LogP contribution in [0, 0.1) is 0 Å². The predicted molar refractivity (Wildman–Crippen MR) is 254 cm³/mol. The summed E-state index contributed by atoms with van der Waals surface area (Å²) in [5.74, 6) is 0.869. The monoisotopic (exact) mass is 781 g/mol. The van der Waals surface area contributed by atoms with Crippen molar-refractivity contribution in [2.75, 3.05) is 0 Å². The van der Waals surface area contributed by atoms with Gasteiger partial charge in [-0.25, -0.2) is 4.99 Å². The minimum Gasteiger partial charge on any atom is -0.456 e. The maximum absolute atomic E-state index is 6.65. The van der Waals surface area contributed by atoms with Crippen LogP contribution in [0.25, 0.3) is 87.6 Å². The van der Waals surface area contributed by atoms with Crippen LogP contribution >= 0.6 is 0 Å². The van der Waals surface area contributed by atoms with E-state index in [9.17, 15) is 0 Å². The van der Waals surface area contributed by atoms with E-state index >= 15 is 0 Å². The minimum atomic E-state index is -0.261. The average molecular weight is 782 g/mol. The van der Waals surface area contributed by atoms with Crippen molar-refractivity contribution in [3.8, 4) is 33.4 Å². The van der Waals surface area contributed by atoms with Gasteiger partial charge in [-0.05, 0) is 107 Å². The third-order valence-electron chi connectivity index (χ3n) is 12.4. The van der Waals surface area contributed by atoms with Crippen LogP contribution in [-0.4, -0.2) is 5.84 Å². The summed E-state index contributed by atoms with van der Waals surface area (Å²) in [6.07, 6.45) is -0.492. The quantitative estimate of drug-likeness (QED) is 0.165. The topological polar surface area (TPSA) is 49.6 Å². The molecular weight excluding hydrogens is 743 g/mol. The van der Waals surface area contributed by atoms with E-state index in [0.29, 0.717) is 0 Å². The van der Waals surface area contributed by atoms with Crippen LogP contribution < -0.4 is 10.6 Å². The van der Waals surface area contributed by atoms with Crippen LogP contribution in [0.2, 0.25) is 0 Å². The van der Waals surface area contributed by atoms with Crippen LogP contribution in [0.5, 0.6) is 0 Å². The molecule has 0 bridgehead atoms. The van der Waals surface area contributed by atoms with Gasteiger partial charge in [0.2, 0.25) is 0 Å². The Bertz CT molecular complexity index is 3500. The maximum Gasteiger partial charge on any atom is 0.136 e. The zero-order chi connectivity index (χ0) is 40.3. The fourth-order valence-corrected chi connectivity index (χ4v) is 9.46. The lowest BCUT2D eigenvalue weighted by atomic mass is 9.91. The summed E-state index contributed by atoms with van der Waals surface area (Å²) < 4.78 is 6.65. The smallest absolute Gasteiger partial charge is 0.136 e. The van der Waals surface area contributed by atoms with Crippen molar-refractivity contribution in [2.45, 2.75) is 12.3 Å². The van der Waals surface area contributed by atoms with Gasteiger partial charge in [0.25, 0.3) is 0 Å². The lowest BCUT2D eigenvalue weighted by molar-refractivity contribution is 0.411. The molecule has 0 fully saturated rings. The van der Waals surface area contributed by atoms with E-state index in [0.717, 1.165) is 66.7 Å². The summed E-state index contributed by atoms with van der Waals surface area (Å²) in [7, 11) is 0. The van der Waals surface area contributed by atoms with Crippen molar-refractivity contribution < 1.29 is 4.42 Å². The van der Waals surface area contributed by atoms with Crippen molar-refractivity contribution in [1.82, 2.24) is 10.6 Å². The molecular formula is C57H39N3O. The highest BCUT2D eigenvalue weighted by Crippen LogP contribution is 2.42. The van der Waals surface area contributed by atoms with Crippen molar-refractivity contribution >= 4 is 60.1 Å². The standard InChI is InChI=1S/C57H39N3O/c1-3-15-36(16-4-1)38-20-13-21-39(33-38)40-29-30-50-53(35-40)61-52-28-14-27-48(54(50)52)47-31-32-49(45-25-11-10-24-44(45)47)56-58-55(37-17-5-2-6-18-37)59-57(60-56)51-34-41-19-7-8-22-42(41)43-23-9-12-26-46(43)51/h1-35,55-56,58H,(H,59,60). The number of hydrogen-bond acceptors (Lipinski definition) is 4. The Morgan fingerprint density at radius 2 is 1.03 bits per heavy atom. The first-order chi connectivity index (χ1) is 30.2. The molecule has 2 heterocycles. The van der Waals surface area contributed by atoms with Gasteiger partial charge in [0.1, 0.15) is 29.3 Å². The first-order valence-corrected chi connectivity index (χ1v) is 20.9. The Morgan fingerprint density at radius 3 is 1.85 bits per heavy atom. The second-order valence-electron chi connectivity index (χ2n) is 15.9. The summed E-state index contributed by atoms with van der Waals surface area (Å²) in [5, 5.41) is 17.2. The number of hydrogen-bond donors (Lipinski definition) is 2. The molecule has 2 unspecified atom stereocenters. The molecule has 0 spiro atoms. The van der Waals surface area contributed by atoms with E-state index in [1.54, 1.807) is 0 Å². The number of nitrogens with one attached hydrogen (secondary N) is 2. The van der Waals surface area contributed by atoms with Gasteiger partial charge in [0.05, 0.1) is 0 Å². The highest BCUT2D eigenvalue weighted by molar-refractivity contribution is 6.19. The SMILES string of the molecule is c1ccc(-c2cccc(-c3ccc4c(c3)oc3cccc(-c5ccc(C6NC(c7cc8ccccc8c8ccccc78)=NC(c7ccccc7)N6)c6ccccc56)c34)c2)cc1. The lowest BCUT2D eigenvalue weighted by Gasteiger charge is -2.33. The van der Waals surface area contributed by atoms with E-state index in [2.05, 4.69) is 223 Å². The second-order valence-corrected chi connectivity index (χ2v) is 15.9. The van der Waals surface area contributed by atoms with Crippen LogP contribution in [0.4, 0.5) is 0 Å². The van der Waals surface area contributed by atoms with Gasteiger partial charge in [-0.15, -0.1) is 0 Å². The molecule has 0 radical (unpaired) electrons. The zero-order valence-electron chi connectivity index (χ0n) is 33.2. The van der Waals surface area contributed by atoms with Crippen LogP contribution in [0.3, 0.4) is 0 Å². The third-order valence-corrected chi connectivity index (χ3v) is 12.4. The van der Waals surface area contributed by atoms with Gasteiger partial charge in [0, 0.05) is 16.3 Å². The van der Waals surface area contributed by atoms with Gasteiger partial charge in [-0.2, -0.15) is 0 Å². The molecule has 2 N–H and O–H groups in total. The molecule has 4 heteroatoms. The molecule has 1 aliphatic heterocycles. The van der Waals surface area contributed by atoms with Crippen molar-refractivity contribution in [1.29, 1.82) is 0 Å². The van der Waals surface area contributed by atoms with E-state index in [1.165, 1.54) is 43.4 Å². The van der Waals surface area contributed by atoms with Crippen molar-refractivity contribution in [3.63, 3.8) is 0 Å². The molecule has 2 atom stereocenters. The van der Waals surface area contributed by atoms with Crippen molar-refractivity contribution in [3.05, 3.63) is 229 Å². The molecule has 11 aromatic rings. The molecule has 12 rings (SSSR count). The van der Waals surface area contributed by atoms with E-state index in [4.69, 9.17) is 9.41 Å². The number of amidine groups is 1. The van der Waals surface area contributed by atoms with Gasteiger partial charge in [0.15, 0.2) is 0 Å². The summed E-state index contributed by atoms with van der Waals surface area (Å²) in [5.41, 5.74) is 12.1. The average Bonchev–Trinajstić information content (AvgIpc) is 3.72. The lowest BCUT2D eigenvalue weighted by Crippen LogP contribution is -2.45. The molecule has 10 aromatic carbocycles. The molecule has 0 aliphatic carbocycles. The summed E-state index contributed by atoms with van der Waals surface area (Å²) in [6, 6.07) is 75.8. The highest BCUT2D eigenvalue weighted by atomic mass is 16.3. The Morgan fingerprint density at radius 1 is 0.393 bits per heavy atom. The number of benzene rings is 10. The van der Waals surface area contributed by atoms with E-state index < -0.39 is 0 Å². The first-order valence-electron chi connectivity index (χ1n) is 20.9. The first kappa shape index (κ1) is 35.2. The number of aliphatic imine (C=N–C) groups is 1. The van der Waals surface area contributed by atoms with Gasteiger partial charge >= 0.3 is 0 Å². The fourth-order valence-electron chi connectivity index (χ4n) is 9.46. The van der Waals surface area contributed by atoms with Crippen LogP contribution in [0.15, 0.2) is 222 Å². The number of fused-ring (bicyclic) bond motifs is 7. The molecule has 1 aromatic heterocycles. The molecule has 0 amide bonds. The molecule has 61 heavy (non-hydrogen) atoms. The number of rotatable bonds is 6. The summed E-state index contributed by atoms with van der Waals surface area (Å²) >= 11 is 0. The second kappa shape index (κ2) is 14.5. The number of nitrogens with zero attached hydrogens (tertiary/aromatic N) is 1. The molecule has 288 valence electrons. The number of furan rings is 1. The Balaban J connectivity index is 0.967. The van der Waals surface area contributed by atoms with Crippen LogP contribution in [-0.2, 0) is 0 Å².